The summed E-state index contributed by atoms with van der Waals surface area (Å²) >= 11 is 0. The van der Waals surface area contributed by atoms with E-state index in [-0.39, 0.29) is 17.5 Å². The quantitative estimate of drug-likeness (QED) is 0.647. The zero-order valence-corrected chi connectivity index (χ0v) is 11.1. The second-order valence-corrected chi connectivity index (χ2v) is 4.62. The first-order chi connectivity index (χ1) is 9.56. The molecule has 0 heterocycles. The molecule has 1 atom stereocenters. The number of nitro groups is 1. The van der Waals surface area contributed by atoms with Gasteiger partial charge in [0.1, 0.15) is 5.75 Å². The van der Waals surface area contributed by atoms with Crippen molar-refractivity contribution in [3.8, 4) is 5.75 Å². The van der Waals surface area contributed by atoms with Gasteiger partial charge in [0.05, 0.1) is 4.92 Å². The summed E-state index contributed by atoms with van der Waals surface area (Å²) in [6.07, 6.45) is 0. The lowest BCUT2D eigenvalue weighted by Gasteiger charge is -2.14. The number of non-ortho nitro benzene ring substituents is 1. The highest BCUT2D eigenvalue weighted by Crippen LogP contribution is 2.18. The van der Waals surface area contributed by atoms with Crippen LogP contribution in [0.25, 0.3) is 0 Å². The standard InChI is InChI=1S/C15H16N2O3/c1-11(13-3-2-4-15(18)9-13)16-10-12-5-7-14(8-6-12)17(19)20/h2-9,11,16,18H,10H2,1H3. The van der Waals surface area contributed by atoms with Crippen LogP contribution in [0.3, 0.4) is 0 Å². The number of rotatable bonds is 5. The van der Waals surface area contributed by atoms with Crippen LogP contribution in [0, 0.1) is 10.1 Å². The van der Waals surface area contributed by atoms with Crippen molar-refractivity contribution in [3.63, 3.8) is 0 Å². The summed E-state index contributed by atoms with van der Waals surface area (Å²) in [7, 11) is 0. The molecular formula is C15H16N2O3. The van der Waals surface area contributed by atoms with Gasteiger partial charge in [-0.25, -0.2) is 0 Å². The van der Waals surface area contributed by atoms with Crippen LogP contribution in [0.15, 0.2) is 48.5 Å². The van der Waals surface area contributed by atoms with Crippen LogP contribution in [-0.2, 0) is 6.54 Å². The third kappa shape index (κ3) is 3.55. The molecule has 0 saturated carbocycles. The predicted octanol–water partition coefficient (Wildman–Crippen LogP) is 3.15. The molecule has 0 aromatic heterocycles. The molecule has 0 bridgehead atoms. The van der Waals surface area contributed by atoms with Crippen LogP contribution in [0.5, 0.6) is 5.75 Å². The van der Waals surface area contributed by atoms with Crippen molar-refractivity contribution < 1.29 is 10.0 Å². The van der Waals surface area contributed by atoms with E-state index < -0.39 is 4.92 Å². The molecule has 2 aromatic rings. The molecule has 0 saturated heterocycles. The maximum absolute atomic E-state index is 10.6. The molecule has 0 aliphatic rings. The van der Waals surface area contributed by atoms with Gasteiger partial charge in [0.15, 0.2) is 0 Å². The number of nitro benzene ring substituents is 1. The minimum absolute atomic E-state index is 0.0808. The molecule has 0 fully saturated rings. The zero-order valence-electron chi connectivity index (χ0n) is 11.1. The Bertz CT molecular complexity index is 596. The van der Waals surface area contributed by atoms with Crippen molar-refractivity contribution in [2.24, 2.45) is 0 Å². The molecule has 20 heavy (non-hydrogen) atoms. The predicted molar refractivity (Wildman–Crippen MR) is 76.5 cm³/mol. The Morgan fingerprint density at radius 3 is 2.55 bits per heavy atom. The molecule has 5 heteroatoms. The van der Waals surface area contributed by atoms with E-state index in [9.17, 15) is 15.2 Å². The lowest BCUT2D eigenvalue weighted by Crippen LogP contribution is -2.17. The first-order valence-corrected chi connectivity index (χ1v) is 6.32. The summed E-state index contributed by atoms with van der Waals surface area (Å²) in [5.41, 5.74) is 2.06. The van der Waals surface area contributed by atoms with E-state index in [1.165, 1.54) is 12.1 Å². The minimum atomic E-state index is -0.410. The van der Waals surface area contributed by atoms with Crippen LogP contribution >= 0.6 is 0 Å². The SMILES string of the molecule is CC(NCc1ccc([N+](=O)[O-])cc1)c1cccc(O)c1. The molecule has 104 valence electrons. The van der Waals surface area contributed by atoms with Gasteiger partial charge in [-0.1, -0.05) is 24.3 Å². The minimum Gasteiger partial charge on any atom is -0.508 e. The Morgan fingerprint density at radius 2 is 1.95 bits per heavy atom. The topological polar surface area (TPSA) is 75.4 Å². The number of phenols is 1. The molecule has 2 aromatic carbocycles. The van der Waals surface area contributed by atoms with Gasteiger partial charge in [0.2, 0.25) is 0 Å². The Morgan fingerprint density at radius 1 is 1.25 bits per heavy atom. The van der Waals surface area contributed by atoms with E-state index in [4.69, 9.17) is 0 Å². The third-order valence-electron chi connectivity index (χ3n) is 3.13. The fourth-order valence-corrected chi connectivity index (χ4v) is 1.92. The summed E-state index contributed by atoms with van der Waals surface area (Å²) in [4.78, 5) is 10.2. The summed E-state index contributed by atoms with van der Waals surface area (Å²) in [5.74, 6) is 0.242. The maximum Gasteiger partial charge on any atom is 0.269 e. The number of benzene rings is 2. The Labute approximate surface area is 117 Å². The van der Waals surface area contributed by atoms with Crippen LogP contribution < -0.4 is 5.32 Å². The van der Waals surface area contributed by atoms with Gasteiger partial charge in [0.25, 0.3) is 5.69 Å². The highest BCUT2D eigenvalue weighted by Gasteiger charge is 2.07. The van der Waals surface area contributed by atoms with Gasteiger partial charge in [0, 0.05) is 24.7 Å². The average molecular weight is 272 g/mol. The molecule has 2 rings (SSSR count). The fourth-order valence-electron chi connectivity index (χ4n) is 1.92. The van der Waals surface area contributed by atoms with Crippen LogP contribution in [0.2, 0.25) is 0 Å². The van der Waals surface area contributed by atoms with Crippen molar-refractivity contribution in [3.05, 3.63) is 69.8 Å². The monoisotopic (exact) mass is 272 g/mol. The molecular weight excluding hydrogens is 256 g/mol. The van der Waals surface area contributed by atoms with Crippen molar-refractivity contribution >= 4 is 5.69 Å². The van der Waals surface area contributed by atoms with E-state index in [1.807, 2.05) is 13.0 Å². The van der Waals surface area contributed by atoms with Gasteiger partial charge < -0.3 is 10.4 Å². The van der Waals surface area contributed by atoms with Gasteiger partial charge in [-0.2, -0.15) is 0 Å². The van der Waals surface area contributed by atoms with Crippen molar-refractivity contribution in [2.45, 2.75) is 19.5 Å². The van der Waals surface area contributed by atoms with Gasteiger partial charge in [-0.15, -0.1) is 0 Å². The Balaban J connectivity index is 1.96. The van der Waals surface area contributed by atoms with E-state index in [0.29, 0.717) is 6.54 Å². The number of aromatic hydroxyl groups is 1. The smallest absolute Gasteiger partial charge is 0.269 e. The molecule has 0 radical (unpaired) electrons. The molecule has 5 nitrogen and oxygen atoms in total. The normalized spacial score (nSPS) is 12.1. The largest absolute Gasteiger partial charge is 0.508 e. The summed E-state index contributed by atoms with van der Waals surface area (Å²) < 4.78 is 0. The molecule has 1 unspecified atom stereocenters. The summed E-state index contributed by atoms with van der Waals surface area (Å²) in [6.45, 7) is 2.61. The molecule has 0 spiro atoms. The van der Waals surface area contributed by atoms with Crippen molar-refractivity contribution in [1.82, 2.24) is 5.32 Å². The van der Waals surface area contributed by atoms with Gasteiger partial charge in [-0.3, -0.25) is 10.1 Å². The molecule has 0 amide bonds. The second kappa shape index (κ2) is 6.16. The van der Waals surface area contributed by atoms with Gasteiger partial charge in [-0.05, 0) is 30.2 Å². The van der Waals surface area contributed by atoms with Crippen molar-refractivity contribution in [1.29, 1.82) is 0 Å². The number of hydrogen-bond donors (Lipinski definition) is 2. The maximum atomic E-state index is 10.6. The lowest BCUT2D eigenvalue weighted by molar-refractivity contribution is -0.384. The number of hydrogen-bond acceptors (Lipinski definition) is 4. The van der Waals surface area contributed by atoms with Crippen LogP contribution in [-0.4, -0.2) is 10.0 Å². The van der Waals surface area contributed by atoms with Gasteiger partial charge >= 0.3 is 0 Å². The van der Waals surface area contributed by atoms with Crippen molar-refractivity contribution in [2.75, 3.05) is 0 Å². The van der Waals surface area contributed by atoms with Crippen LogP contribution in [0.4, 0.5) is 5.69 Å². The fraction of sp³-hybridized carbons (Fsp3) is 0.200. The van der Waals surface area contributed by atoms with E-state index in [2.05, 4.69) is 5.32 Å². The number of phenolic OH excluding ortho intramolecular Hbond substituents is 1. The Kier molecular flexibility index (Phi) is 4.32. The van der Waals surface area contributed by atoms with Crippen LogP contribution in [0.1, 0.15) is 24.1 Å². The second-order valence-electron chi connectivity index (χ2n) is 4.62. The highest BCUT2D eigenvalue weighted by atomic mass is 16.6. The summed E-state index contributed by atoms with van der Waals surface area (Å²) in [5, 5.41) is 23.3. The highest BCUT2D eigenvalue weighted by molar-refractivity contribution is 5.33. The molecule has 2 N–H and O–H groups in total. The molecule has 0 aliphatic carbocycles. The summed E-state index contributed by atoms with van der Waals surface area (Å²) in [6, 6.07) is 13.6. The Hall–Kier alpha value is -2.40. The van der Waals surface area contributed by atoms with E-state index in [0.717, 1.165) is 11.1 Å². The molecule has 0 aliphatic heterocycles. The first-order valence-electron chi connectivity index (χ1n) is 6.32. The zero-order chi connectivity index (χ0) is 14.5. The lowest BCUT2D eigenvalue weighted by atomic mass is 10.1. The first kappa shape index (κ1) is 14.0. The van der Waals surface area contributed by atoms with E-state index >= 15 is 0 Å². The number of nitrogens with zero attached hydrogens (tertiary/aromatic N) is 1. The van der Waals surface area contributed by atoms with E-state index in [1.54, 1.807) is 30.3 Å². The average Bonchev–Trinajstić information content (AvgIpc) is 2.45. The third-order valence-corrected chi connectivity index (χ3v) is 3.13. The number of nitrogens with one attached hydrogen (secondary N) is 1.